The Balaban J connectivity index is 1.69. The van der Waals surface area contributed by atoms with Crippen LogP contribution < -0.4 is 4.72 Å². The molecule has 2 aromatic rings. The van der Waals surface area contributed by atoms with Gasteiger partial charge in [-0.1, -0.05) is 18.6 Å². The number of imidazole rings is 1. The predicted molar refractivity (Wildman–Crippen MR) is 101 cm³/mol. The van der Waals surface area contributed by atoms with E-state index in [0.717, 1.165) is 19.3 Å². The van der Waals surface area contributed by atoms with Crippen LogP contribution in [0.15, 0.2) is 40.4 Å². The van der Waals surface area contributed by atoms with Gasteiger partial charge in [0.15, 0.2) is 5.03 Å². The van der Waals surface area contributed by atoms with Crippen LogP contribution >= 0.6 is 0 Å². The molecule has 3 rings (SSSR count). The van der Waals surface area contributed by atoms with Gasteiger partial charge in [-0.15, -0.1) is 0 Å². The van der Waals surface area contributed by atoms with Crippen LogP contribution in [0.1, 0.15) is 30.7 Å². The summed E-state index contributed by atoms with van der Waals surface area (Å²) in [7, 11) is -5.48. The van der Waals surface area contributed by atoms with Crippen molar-refractivity contribution in [3.8, 4) is 0 Å². The van der Waals surface area contributed by atoms with Crippen molar-refractivity contribution in [2.75, 3.05) is 13.1 Å². The van der Waals surface area contributed by atoms with Gasteiger partial charge in [0, 0.05) is 32.9 Å². The monoisotopic (exact) mass is 412 g/mol. The normalized spacial score (nSPS) is 16.5. The average molecular weight is 413 g/mol. The number of nitrogens with one attached hydrogen (secondary N) is 1. The molecule has 27 heavy (non-hydrogen) atoms. The lowest BCUT2D eigenvalue weighted by Gasteiger charge is -2.25. The predicted octanol–water partition coefficient (Wildman–Crippen LogP) is 1.38. The SMILES string of the molecule is Cc1nc(S(=O)(=O)NCc2ccc(S(=O)(=O)N3CCCCC3)cc2)cn1C. The zero-order valence-electron chi connectivity index (χ0n) is 15.4. The Bertz CT molecular complexity index is 986. The van der Waals surface area contributed by atoms with Crippen molar-refractivity contribution < 1.29 is 16.8 Å². The number of sulfonamides is 2. The van der Waals surface area contributed by atoms with E-state index in [1.165, 1.54) is 22.6 Å². The van der Waals surface area contributed by atoms with Crippen LogP contribution in [0.3, 0.4) is 0 Å². The Hall–Kier alpha value is -1.75. The maximum atomic E-state index is 12.6. The van der Waals surface area contributed by atoms with Gasteiger partial charge in [0.2, 0.25) is 10.0 Å². The summed E-state index contributed by atoms with van der Waals surface area (Å²) in [5, 5.41) is -0.0354. The minimum absolute atomic E-state index is 0.0354. The van der Waals surface area contributed by atoms with Crippen molar-refractivity contribution in [2.45, 2.75) is 42.7 Å². The molecule has 0 saturated carbocycles. The quantitative estimate of drug-likeness (QED) is 0.772. The molecule has 0 amide bonds. The van der Waals surface area contributed by atoms with Gasteiger partial charge < -0.3 is 4.57 Å². The molecule has 1 saturated heterocycles. The lowest BCUT2D eigenvalue weighted by atomic mass is 10.2. The number of aryl methyl sites for hydroxylation is 2. The minimum atomic E-state index is -3.72. The first kappa shape index (κ1) is 20.0. The molecule has 1 aliphatic rings. The van der Waals surface area contributed by atoms with Gasteiger partial charge in [-0.2, -0.15) is 4.31 Å². The molecule has 2 heterocycles. The Kier molecular flexibility index (Phi) is 5.71. The van der Waals surface area contributed by atoms with Crippen molar-refractivity contribution in [1.82, 2.24) is 18.6 Å². The molecule has 0 spiro atoms. The lowest BCUT2D eigenvalue weighted by Crippen LogP contribution is -2.35. The fourth-order valence-corrected chi connectivity index (χ4v) is 5.51. The molecule has 1 aromatic heterocycles. The maximum Gasteiger partial charge on any atom is 0.259 e. The van der Waals surface area contributed by atoms with Gasteiger partial charge in [-0.05, 0) is 37.5 Å². The molecule has 10 heteroatoms. The number of piperidine rings is 1. The summed E-state index contributed by atoms with van der Waals surface area (Å²) in [6, 6.07) is 6.31. The van der Waals surface area contributed by atoms with Crippen molar-refractivity contribution in [3.05, 3.63) is 41.9 Å². The van der Waals surface area contributed by atoms with Gasteiger partial charge in [0.25, 0.3) is 10.0 Å². The van der Waals surface area contributed by atoms with E-state index >= 15 is 0 Å². The topological polar surface area (TPSA) is 101 Å². The number of rotatable bonds is 6. The number of nitrogens with zero attached hydrogens (tertiary/aromatic N) is 3. The first-order valence-corrected chi connectivity index (χ1v) is 11.7. The number of aromatic nitrogens is 2. The molecule has 1 aromatic carbocycles. The highest BCUT2D eigenvalue weighted by atomic mass is 32.2. The highest BCUT2D eigenvalue weighted by molar-refractivity contribution is 7.89. The lowest BCUT2D eigenvalue weighted by molar-refractivity contribution is 0.346. The molecule has 1 N–H and O–H groups in total. The Morgan fingerprint density at radius 3 is 2.22 bits per heavy atom. The van der Waals surface area contributed by atoms with E-state index in [1.807, 2.05) is 0 Å². The fourth-order valence-electron chi connectivity index (χ4n) is 2.94. The van der Waals surface area contributed by atoms with Crippen molar-refractivity contribution >= 4 is 20.0 Å². The highest BCUT2D eigenvalue weighted by Crippen LogP contribution is 2.21. The second-order valence-electron chi connectivity index (χ2n) is 6.67. The van der Waals surface area contributed by atoms with Crippen LogP contribution in [0.2, 0.25) is 0 Å². The summed E-state index contributed by atoms with van der Waals surface area (Å²) >= 11 is 0. The molecular weight excluding hydrogens is 388 g/mol. The molecule has 1 aliphatic heterocycles. The Morgan fingerprint density at radius 2 is 1.67 bits per heavy atom. The summed E-state index contributed by atoms with van der Waals surface area (Å²) < 4.78 is 55.5. The zero-order chi connectivity index (χ0) is 19.7. The van der Waals surface area contributed by atoms with Gasteiger partial charge >= 0.3 is 0 Å². The van der Waals surface area contributed by atoms with Gasteiger partial charge in [-0.25, -0.2) is 26.5 Å². The highest BCUT2D eigenvalue weighted by Gasteiger charge is 2.25. The molecule has 148 valence electrons. The van der Waals surface area contributed by atoms with E-state index in [2.05, 4.69) is 9.71 Å². The van der Waals surface area contributed by atoms with E-state index in [9.17, 15) is 16.8 Å². The van der Waals surface area contributed by atoms with E-state index in [1.54, 1.807) is 30.7 Å². The minimum Gasteiger partial charge on any atom is -0.337 e. The van der Waals surface area contributed by atoms with Crippen LogP contribution in [-0.2, 0) is 33.6 Å². The molecule has 0 atom stereocenters. The summed E-state index contributed by atoms with van der Waals surface area (Å²) in [6.07, 6.45) is 4.27. The molecule has 1 fully saturated rings. The van der Waals surface area contributed by atoms with Crippen LogP contribution in [0, 0.1) is 6.92 Å². The van der Waals surface area contributed by atoms with E-state index in [-0.39, 0.29) is 16.5 Å². The fraction of sp³-hybridized carbons (Fsp3) is 0.471. The molecular formula is C17H24N4O4S2. The zero-order valence-corrected chi connectivity index (χ0v) is 17.1. The third-order valence-electron chi connectivity index (χ3n) is 4.70. The van der Waals surface area contributed by atoms with E-state index in [0.29, 0.717) is 24.5 Å². The van der Waals surface area contributed by atoms with Gasteiger partial charge in [-0.3, -0.25) is 0 Å². The third-order valence-corrected chi connectivity index (χ3v) is 7.89. The Labute approximate surface area is 160 Å². The van der Waals surface area contributed by atoms with Crippen LogP contribution in [0.5, 0.6) is 0 Å². The maximum absolute atomic E-state index is 12.6. The van der Waals surface area contributed by atoms with Crippen molar-refractivity contribution in [2.24, 2.45) is 7.05 Å². The van der Waals surface area contributed by atoms with Crippen LogP contribution in [-0.4, -0.2) is 43.8 Å². The molecule has 0 bridgehead atoms. The summed E-state index contributed by atoms with van der Waals surface area (Å²) in [5.41, 5.74) is 0.670. The van der Waals surface area contributed by atoms with Crippen LogP contribution in [0.25, 0.3) is 0 Å². The van der Waals surface area contributed by atoms with Crippen LogP contribution in [0.4, 0.5) is 0 Å². The Morgan fingerprint density at radius 1 is 1.04 bits per heavy atom. The first-order chi connectivity index (χ1) is 12.7. The summed E-state index contributed by atoms with van der Waals surface area (Å²) in [4.78, 5) is 4.25. The first-order valence-electron chi connectivity index (χ1n) is 8.79. The molecule has 0 unspecified atom stereocenters. The number of benzene rings is 1. The second kappa shape index (κ2) is 7.70. The third kappa shape index (κ3) is 4.40. The van der Waals surface area contributed by atoms with Gasteiger partial charge in [0.1, 0.15) is 5.82 Å². The molecule has 0 aliphatic carbocycles. The number of hydrogen-bond donors (Lipinski definition) is 1. The van der Waals surface area contributed by atoms with Gasteiger partial charge in [0.05, 0.1) is 4.90 Å². The summed E-state index contributed by atoms with van der Waals surface area (Å²) in [5.74, 6) is 0.600. The molecule has 8 nitrogen and oxygen atoms in total. The number of hydrogen-bond acceptors (Lipinski definition) is 5. The van der Waals surface area contributed by atoms with E-state index in [4.69, 9.17) is 0 Å². The average Bonchev–Trinajstić information content (AvgIpc) is 3.01. The smallest absolute Gasteiger partial charge is 0.259 e. The van der Waals surface area contributed by atoms with E-state index < -0.39 is 20.0 Å². The largest absolute Gasteiger partial charge is 0.337 e. The summed E-state index contributed by atoms with van der Waals surface area (Å²) in [6.45, 7) is 2.88. The van der Waals surface area contributed by atoms with Crippen molar-refractivity contribution in [3.63, 3.8) is 0 Å². The van der Waals surface area contributed by atoms with Crippen molar-refractivity contribution in [1.29, 1.82) is 0 Å². The standard InChI is InChI=1S/C17H24N4O4S2/c1-14-19-17(13-20(14)2)26(22,23)18-12-15-6-8-16(9-7-15)27(24,25)21-10-4-3-5-11-21/h6-9,13,18H,3-5,10-12H2,1-2H3. The molecule has 0 radical (unpaired) electrons. The second-order valence-corrected chi connectivity index (χ2v) is 10.3.